The molecule has 1 aliphatic heterocycles. The van der Waals surface area contributed by atoms with Gasteiger partial charge in [-0.3, -0.25) is 4.79 Å². The Balaban J connectivity index is 1.60. The lowest BCUT2D eigenvalue weighted by Crippen LogP contribution is -2.29. The van der Waals surface area contributed by atoms with Crippen LogP contribution in [0.4, 0.5) is 0 Å². The van der Waals surface area contributed by atoms with Crippen LogP contribution in [0.25, 0.3) is 0 Å². The molecule has 2 heterocycles. The van der Waals surface area contributed by atoms with Gasteiger partial charge in [-0.25, -0.2) is 0 Å². The SMILES string of the molecule is O=C(c1cccnn1)N1CCC(Cc2ccc(Cl)cc2)C1. The van der Waals surface area contributed by atoms with Gasteiger partial charge in [-0.15, -0.1) is 5.10 Å². The standard InChI is InChI=1S/C16H16ClN3O/c17-14-5-3-12(4-6-14)10-13-7-9-20(11-13)16(21)15-2-1-8-18-19-15/h1-6,8,13H,7,9-11H2. The van der Waals surface area contributed by atoms with Crippen molar-refractivity contribution >= 4 is 17.5 Å². The summed E-state index contributed by atoms with van der Waals surface area (Å²) in [6, 6.07) is 11.4. The highest BCUT2D eigenvalue weighted by atomic mass is 35.5. The number of hydrogen-bond acceptors (Lipinski definition) is 3. The molecule has 1 aliphatic rings. The Morgan fingerprint density at radius 2 is 2.10 bits per heavy atom. The largest absolute Gasteiger partial charge is 0.337 e. The van der Waals surface area contributed by atoms with Crippen molar-refractivity contribution in [1.29, 1.82) is 0 Å². The predicted octanol–water partition coefficient (Wildman–Crippen LogP) is 2.83. The molecule has 0 saturated carbocycles. The number of benzene rings is 1. The zero-order valence-electron chi connectivity index (χ0n) is 11.6. The Morgan fingerprint density at radius 1 is 1.29 bits per heavy atom. The van der Waals surface area contributed by atoms with E-state index in [1.54, 1.807) is 18.3 Å². The number of carbonyl (C=O) groups excluding carboxylic acids is 1. The first-order valence-corrected chi connectivity index (χ1v) is 7.41. The molecule has 0 aliphatic carbocycles. The van der Waals surface area contributed by atoms with Crippen molar-refractivity contribution in [1.82, 2.24) is 15.1 Å². The second kappa shape index (κ2) is 6.22. The van der Waals surface area contributed by atoms with Crippen LogP contribution >= 0.6 is 11.6 Å². The van der Waals surface area contributed by atoms with Crippen LogP contribution in [-0.4, -0.2) is 34.1 Å². The number of likely N-dealkylation sites (tertiary alicyclic amines) is 1. The van der Waals surface area contributed by atoms with Gasteiger partial charge in [-0.1, -0.05) is 23.7 Å². The van der Waals surface area contributed by atoms with E-state index in [4.69, 9.17) is 11.6 Å². The van der Waals surface area contributed by atoms with Gasteiger partial charge in [0.1, 0.15) is 0 Å². The molecule has 1 fully saturated rings. The van der Waals surface area contributed by atoms with Gasteiger partial charge >= 0.3 is 0 Å². The molecule has 1 atom stereocenters. The number of carbonyl (C=O) groups is 1. The van der Waals surface area contributed by atoms with Gasteiger partial charge < -0.3 is 4.90 Å². The van der Waals surface area contributed by atoms with E-state index in [-0.39, 0.29) is 5.91 Å². The summed E-state index contributed by atoms with van der Waals surface area (Å²) < 4.78 is 0. The van der Waals surface area contributed by atoms with E-state index in [1.165, 1.54) is 5.56 Å². The fourth-order valence-electron chi connectivity index (χ4n) is 2.72. The van der Waals surface area contributed by atoms with E-state index in [9.17, 15) is 4.79 Å². The Kier molecular flexibility index (Phi) is 4.15. The third-order valence-corrected chi connectivity index (χ3v) is 4.05. The third-order valence-electron chi connectivity index (χ3n) is 3.80. The molecule has 2 aromatic rings. The van der Waals surface area contributed by atoms with Gasteiger partial charge in [0.15, 0.2) is 5.69 Å². The zero-order chi connectivity index (χ0) is 14.7. The lowest BCUT2D eigenvalue weighted by atomic mass is 9.99. The highest BCUT2D eigenvalue weighted by molar-refractivity contribution is 6.30. The molecule has 0 N–H and O–H groups in total. The minimum absolute atomic E-state index is 0.0262. The van der Waals surface area contributed by atoms with Crippen LogP contribution in [0, 0.1) is 5.92 Å². The molecule has 5 heteroatoms. The predicted molar refractivity (Wildman–Crippen MR) is 81.2 cm³/mol. The first-order chi connectivity index (χ1) is 10.2. The summed E-state index contributed by atoms with van der Waals surface area (Å²) >= 11 is 5.90. The summed E-state index contributed by atoms with van der Waals surface area (Å²) in [6.07, 6.45) is 3.57. The molecule has 1 aromatic heterocycles. The summed E-state index contributed by atoms with van der Waals surface area (Å²) in [5, 5.41) is 8.40. The van der Waals surface area contributed by atoms with E-state index in [2.05, 4.69) is 22.3 Å². The molecular weight excluding hydrogens is 286 g/mol. The maximum atomic E-state index is 12.3. The van der Waals surface area contributed by atoms with Crippen molar-refractivity contribution in [3.8, 4) is 0 Å². The van der Waals surface area contributed by atoms with E-state index < -0.39 is 0 Å². The highest BCUT2D eigenvalue weighted by Gasteiger charge is 2.27. The van der Waals surface area contributed by atoms with Gasteiger partial charge in [-0.05, 0) is 48.6 Å². The third kappa shape index (κ3) is 3.39. The molecule has 21 heavy (non-hydrogen) atoms. The van der Waals surface area contributed by atoms with Gasteiger partial charge in [0, 0.05) is 24.3 Å². The summed E-state index contributed by atoms with van der Waals surface area (Å²) in [6.45, 7) is 1.56. The molecule has 0 bridgehead atoms. The Hall–Kier alpha value is -1.94. The van der Waals surface area contributed by atoms with Gasteiger partial charge in [0.25, 0.3) is 5.91 Å². The quantitative estimate of drug-likeness (QED) is 0.876. The first kappa shape index (κ1) is 14.0. The Labute approximate surface area is 128 Å². The number of halogens is 1. The summed E-state index contributed by atoms with van der Waals surface area (Å²) in [4.78, 5) is 14.2. The lowest BCUT2D eigenvalue weighted by molar-refractivity contribution is 0.0780. The van der Waals surface area contributed by atoms with E-state index >= 15 is 0 Å². The van der Waals surface area contributed by atoms with Gasteiger partial charge in [0.2, 0.25) is 0 Å². The van der Waals surface area contributed by atoms with E-state index in [0.717, 1.165) is 31.0 Å². The summed E-state index contributed by atoms with van der Waals surface area (Å²) in [7, 11) is 0. The second-order valence-electron chi connectivity index (χ2n) is 5.35. The van der Waals surface area contributed by atoms with Crippen molar-refractivity contribution in [2.24, 2.45) is 5.92 Å². The average molecular weight is 302 g/mol. The van der Waals surface area contributed by atoms with Crippen LogP contribution in [-0.2, 0) is 6.42 Å². The molecule has 4 nitrogen and oxygen atoms in total. The first-order valence-electron chi connectivity index (χ1n) is 7.04. The number of rotatable bonds is 3. The van der Waals surface area contributed by atoms with Crippen LogP contribution < -0.4 is 0 Å². The molecule has 1 saturated heterocycles. The number of nitrogens with zero attached hydrogens (tertiary/aromatic N) is 3. The average Bonchev–Trinajstić information content (AvgIpc) is 2.98. The maximum absolute atomic E-state index is 12.3. The van der Waals surface area contributed by atoms with Crippen LogP contribution in [0.15, 0.2) is 42.6 Å². The van der Waals surface area contributed by atoms with Crippen LogP contribution in [0.5, 0.6) is 0 Å². The van der Waals surface area contributed by atoms with E-state index in [0.29, 0.717) is 11.6 Å². The fraction of sp³-hybridized carbons (Fsp3) is 0.312. The van der Waals surface area contributed by atoms with Crippen LogP contribution in [0.3, 0.4) is 0 Å². The van der Waals surface area contributed by atoms with Gasteiger partial charge in [0.05, 0.1) is 0 Å². The maximum Gasteiger partial charge on any atom is 0.274 e. The van der Waals surface area contributed by atoms with Crippen molar-refractivity contribution in [3.05, 3.63) is 58.9 Å². The molecule has 0 radical (unpaired) electrons. The highest BCUT2D eigenvalue weighted by Crippen LogP contribution is 2.22. The van der Waals surface area contributed by atoms with Crippen LogP contribution in [0.1, 0.15) is 22.5 Å². The molecule has 1 unspecified atom stereocenters. The topological polar surface area (TPSA) is 46.1 Å². The summed E-state index contributed by atoms with van der Waals surface area (Å²) in [5.41, 5.74) is 1.68. The fourth-order valence-corrected chi connectivity index (χ4v) is 2.84. The number of amides is 1. The Bertz CT molecular complexity index is 615. The molecule has 3 rings (SSSR count). The molecule has 108 valence electrons. The van der Waals surface area contributed by atoms with Crippen molar-refractivity contribution in [2.75, 3.05) is 13.1 Å². The van der Waals surface area contributed by atoms with Crippen molar-refractivity contribution in [2.45, 2.75) is 12.8 Å². The minimum Gasteiger partial charge on any atom is -0.337 e. The Morgan fingerprint density at radius 3 is 2.81 bits per heavy atom. The smallest absolute Gasteiger partial charge is 0.274 e. The molecule has 1 amide bonds. The van der Waals surface area contributed by atoms with Gasteiger partial charge in [-0.2, -0.15) is 5.10 Å². The monoisotopic (exact) mass is 301 g/mol. The van der Waals surface area contributed by atoms with Crippen molar-refractivity contribution < 1.29 is 4.79 Å². The second-order valence-corrected chi connectivity index (χ2v) is 5.78. The number of aromatic nitrogens is 2. The number of hydrogen-bond donors (Lipinski definition) is 0. The van der Waals surface area contributed by atoms with E-state index in [1.807, 2.05) is 17.0 Å². The lowest BCUT2D eigenvalue weighted by Gasteiger charge is -2.15. The minimum atomic E-state index is -0.0262. The zero-order valence-corrected chi connectivity index (χ0v) is 12.3. The molecule has 0 spiro atoms. The molecule has 1 aromatic carbocycles. The normalized spacial score (nSPS) is 18.0. The van der Waals surface area contributed by atoms with Crippen molar-refractivity contribution in [3.63, 3.8) is 0 Å². The van der Waals surface area contributed by atoms with Crippen LogP contribution in [0.2, 0.25) is 5.02 Å². The molecular formula is C16H16ClN3O. The summed E-state index contributed by atoms with van der Waals surface area (Å²) in [5.74, 6) is 0.466.